The average molecular weight is 263 g/mol. The molecule has 5 nitrogen and oxygen atoms in total. The Bertz CT molecular complexity index is 454. The van der Waals surface area contributed by atoms with Crippen LogP contribution in [0.3, 0.4) is 0 Å². The van der Waals surface area contributed by atoms with Crippen molar-refractivity contribution in [1.29, 1.82) is 0 Å². The first-order chi connectivity index (χ1) is 9.11. The Morgan fingerprint density at radius 1 is 1.42 bits per heavy atom. The van der Waals surface area contributed by atoms with Crippen molar-refractivity contribution in [1.82, 2.24) is 9.88 Å². The van der Waals surface area contributed by atoms with Gasteiger partial charge in [-0.2, -0.15) is 0 Å². The van der Waals surface area contributed by atoms with Gasteiger partial charge in [-0.05, 0) is 18.8 Å². The lowest BCUT2D eigenvalue weighted by molar-refractivity contribution is 0.222. The second kappa shape index (κ2) is 5.91. The maximum Gasteiger partial charge on any atom is 0.321 e. The second-order valence-corrected chi connectivity index (χ2v) is 5.09. The first kappa shape index (κ1) is 13.6. The predicted octanol–water partition coefficient (Wildman–Crippen LogP) is 2.84. The molecule has 0 aliphatic carbocycles. The van der Waals surface area contributed by atoms with Crippen molar-refractivity contribution in [3.05, 3.63) is 18.0 Å². The van der Waals surface area contributed by atoms with Gasteiger partial charge in [0.25, 0.3) is 0 Å². The molecular weight excluding hydrogens is 242 g/mol. The summed E-state index contributed by atoms with van der Waals surface area (Å²) in [7, 11) is 1.60. The zero-order valence-corrected chi connectivity index (χ0v) is 11.8. The van der Waals surface area contributed by atoms with Crippen LogP contribution in [0.1, 0.15) is 38.3 Å². The number of carbonyl (C=O) groups excluding carboxylic acids is 1. The van der Waals surface area contributed by atoms with Crippen molar-refractivity contribution in [2.75, 3.05) is 25.5 Å². The SMILES string of the molecule is COc1cc(C(C)C)ncc1NC(=O)N1CCCC1. The summed E-state index contributed by atoms with van der Waals surface area (Å²) >= 11 is 0. The summed E-state index contributed by atoms with van der Waals surface area (Å²) in [6.07, 6.45) is 3.83. The standard InChI is InChI=1S/C14H21N3O2/c1-10(2)11-8-13(19-3)12(9-15-11)16-14(18)17-6-4-5-7-17/h8-10H,4-7H2,1-3H3,(H,16,18). The molecule has 1 aromatic heterocycles. The molecule has 1 aromatic rings. The summed E-state index contributed by atoms with van der Waals surface area (Å²) in [4.78, 5) is 18.2. The van der Waals surface area contributed by atoms with Gasteiger partial charge in [-0.15, -0.1) is 0 Å². The maximum absolute atomic E-state index is 12.0. The van der Waals surface area contributed by atoms with E-state index in [-0.39, 0.29) is 6.03 Å². The van der Waals surface area contributed by atoms with E-state index in [1.807, 2.05) is 11.0 Å². The average Bonchev–Trinajstić information content (AvgIpc) is 2.92. The van der Waals surface area contributed by atoms with Crippen molar-refractivity contribution >= 4 is 11.7 Å². The summed E-state index contributed by atoms with van der Waals surface area (Å²) < 4.78 is 5.33. The van der Waals surface area contributed by atoms with Gasteiger partial charge in [0, 0.05) is 24.8 Å². The number of rotatable bonds is 3. The molecule has 19 heavy (non-hydrogen) atoms. The van der Waals surface area contributed by atoms with E-state index in [4.69, 9.17) is 4.74 Å². The van der Waals surface area contributed by atoms with Gasteiger partial charge in [-0.1, -0.05) is 13.8 Å². The number of nitrogens with one attached hydrogen (secondary N) is 1. The van der Waals surface area contributed by atoms with Crippen LogP contribution in [-0.4, -0.2) is 36.1 Å². The Labute approximate surface area is 114 Å². The number of hydrogen-bond donors (Lipinski definition) is 1. The highest BCUT2D eigenvalue weighted by Crippen LogP contribution is 2.27. The number of likely N-dealkylation sites (tertiary alicyclic amines) is 1. The van der Waals surface area contributed by atoms with E-state index >= 15 is 0 Å². The van der Waals surface area contributed by atoms with Crippen LogP contribution in [0.2, 0.25) is 0 Å². The molecule has 0 spiro atoms. The van der Waals surface area contributed by atoms with Gasteiger partial charge in [0.2, 0.25) is 0 Å². The summed E-state index contributed by atoms with van der Waals surface area (Å²) in [5.41, 5.74) is 1.58. The summed E-state index contributed by atoms with van der Waals surface area (Å²) in [5.74, 6) is 0.989. The van der Waals surface area contributed by atoms with E-state index in [2.05, 4.69) is 24.1 Å². The zero-order valence-electron chi connectivity index (χ0n) is 11.8. The van der Waals surface area contributed by atoms with Gasteiger partial charge in [-0.3, -0.25) is 4.98 Å². The van der Waals surface area contributed by atoms with E-state index in [1.54, 1.807) is 13.3 Å². The minimum atomic E-state index is -0.0742. The maximum atomic E-state index is 12.0. The van der Waals surface area contributed by atoms with Crippen molar-refractivity contribution in [2.24, 2.45) is 0 Å². The Kier molecular flexibility index (Phi) is 4.24. The van der Waals surface area contributed by atoms with Crippen molar-refractivity contribution in [2.45, 2.75) is 32.6 Å². The molecule has 2 rings (SSSR count). The molecule has 1 aliphatic heterocycles. The topological polar surface area (TPSA) is 54.5 Å². The predicted molar refractivity (Wildman–Crippen MR) is 74.7 cm³/mol. The van der Waals surface area contributed by atoms with Crippen LogP contribution in [-0.2, 0) is 0 Å². The highest BCUT2D eigenvalue weighted by Gasteiger charge is 2.19. The highest BCUT2D eigenvalue weighted by molar-refractivity contribution is 5.90. The van der Waals surface area contributed by atoms with Gasteiger partial charge in [0.15, 0.2) is 0 Å². The number of urea groups is 1. The van der Waals surface area contributed by atoms with E-state index in [1.165, 1.54) is 0 Å². The summed E-state index contributed by atoms with van der Waals surface area (Å²) in [5, 5.41) is 2.87. The molecule has 1 aliphatic rings. The fourth-order valence-corrected chi connectivity index (χ4v) is 2.15. The number of carbonyl (C=O) groups is 1. The smallest absolute Gasteiger partial charge is 0.321 e. The number of methoxy groups -OCH3 is 1. The van der Waals surface area contributed by atoms with Gasteiger partial charge in [0.1, 0.15) is 11.4 Å². The van der Waals surface area contributed by atoms with Crippen LogP contribution < -0.4 is 10.1 Å². The fraction of sp³-hybridized carbons (Fsp3) is 0.571. The van der Waals surface area contributed by atoms with E-state index in [9.17, 15) is 4.79 Å². The van der Waals surface area contributed by atoms with E-state index in [0.29, 0.717) is 17.4 Å². The third kappa shape index (κ3) is 3.16. The lowest BCUT2D eigenvalue weighted by atomic mass is 10.1. The normalized spacial score (nSPS) is 14.8. The summed E-state index contributed by atoms with van der Waals surface area (Å²) in [6, 6.07) is 1.81. The van der Waals surface area contributed by atoms with Gasteiger partial charge in [0.05, 0.1) is 13.3 Å². The lowest BCUT2D eigenvalue weighted by Gasteiger charge is -2.18. The Morgan fingerprint density at radius 3 is 2.68 bits per heavy atom. The number of pyridine rings is 1. The van der Waals surface area contributed by atoms with Crippen molar-refractivity contribution in [3.63, 3.8) is 0 Å². The highest BCUT2D eigenvalue weighted by atomic mass is 16.5. The minimum Gasteiger partial charge on any atom is -0.494 e. The van der Waals surface area contributed by atoms with Crippen molar-refractivity contribution in [3.8, 4) is 5.75 Å². The summed E-state index contributed by atoms with van der Waals surface area (Å²) in [6.45, 7) is 5.80. The Hall–Kier alpha value is -1.78. The van der Waals surface area contributed by atoms with Crippen LogP contribution in [0, 0.1) is 0 Å². The lowest BCUT2D eigenvalue weighted by Crippen LogP contribution is -2.32. The molecule has 104 valence electrons. The third-order valence-electron chi connectivity index (χ3n) is 3.33. The number of hydrogen-bond acceptors (Lipinski definition) is 3. The first-order valence-corrected chi connectivity index (χ1v) is 6.71. The molecular formula is C14H21N3O2. The number of amides is 2. The van der Waals surface area contributed by atoms with Gasteiger partial charge >= 0.3 is 6.03 Å². The molecule has 0 saturated carbocycles. The molecule has 0 atom stereocenters. The van der Waals surface area contributed by atoms with Crippen molar-refractivity contribution < 1.29 is 9.53 Å². The monoisotopic (exact) mass is 263 g/mol. The van der Waals surface area contributed by atoms with Crippen LogP contribution in [0.5, 0.6) is 5.75 Å². The number of anilines is 1. The zero-order chi connectivity index (χ0) is 13.8. The number of ether oxygens (including phenoxy) is 1. The molecule has 1 saturated heterocycles. The van der Waals surface area contributed by atoms with Crippen LogP contribution in [0.25, 0.3) is 0 Å². The molecule has 0 radical (unpaired) electrons. The van der Waals surface area contributed by atoms with Gasteiger partial charge < -0.3 is 15.0 Å². The first-order valence-electron chi connectivity index (χ1n) is 6.71. The quantitative estimate of drug-likeness (QED) is 0.912. The molecule has 0 aromatic carbocycles. The van der Waals surface area contributed by atoms with Crippen LogP contribution >= 0.6 is 0 Å². The molecule has 2 amide bonds. The molecule has 1 fully saturated rings. The van der Waals surface area contributed by atoms with Crippen LogP contribution in [0.15, 0.2) is 12.3 Å². The minimum absolute atomic E-state index is 0.0742. The third-order valence-corrected chi connectivity index (χ3v) is 3.33. The van der Waals surface area contributed by atoms with E-state index in [0.717, 1.165) is 31.6 Å². The van der Waals surface area contributed by atoms with Crippen LogP contribution in [0.4, 0.5) is 10.5 Å². The van der Waals surface area contributed by atoms with Gasteiger partial charge in [-0.25, -0.2) is 4.79 Å². The number of nitrogens with zero attached hydrogens (tertiary/aromatic N) is 2. The molecule has 1 N–H and O–H groups in total. The molecule has 2 heterocycles. The molecule has 0 unspecified atom stereocenters. The fourth-order valence-electron chi connectivity index (χ4n) is 2.15. The Balaban J connectivity index is 2.12. The second-order valence-electron chi connectivity index (χ2n) is 5.09. The molecule has 5 heteroatoms. The molecule has 0 bridgehead atoms. The number of aromatic nitrogens is 1. The largest absolute Gasteiger partial charge is 0.494 e. The Morgan fingerprint density at radius 2 is 2.11 bits per heavy atom. The van der Waals surface area contributed by atoms with E-state index < -0.39 is 0 Å².